The van der Waals surface area contributed by atoms with E-state index in [0.29, 0.717) is 41.0 Å². The highest BCUT2D eigenvalue weighted by atomic mass is 19.3. The van der Waals surface area contributed by atoms with Gasteiger partial charge in [-0.25, -0.2) is 18.6 Å². The number of amides is 1. The third kappa shape index (κ3) is 4.73. The third-order valence-electron chi connectivity index (χ3n) is 7.59. The molecule has 3 aromatic rings. The van der Waals surface area contributed by atoms with Gasteiger partial charge in [0, 0.05) is 24.4 Å². The number of aliphatic carboxylic acids is 1. The van der Waals surface area contributed by atoms with Crippen molar-refractivity contribution in [3.05, 3.63) is 58.9 Å². The second-order valence-corrected chi connectivity index (χ2v) is 10.3. The Labute approximate surface area is 219 Å². The minimum absolute atomic E-state index is 0.0149. The average molecular weight is 528 g/mol. The van der Waals surface area contributed by atoms with Crippen LogP contribution in [0, 0.1) is 6.92 Å². The SMILES string of the molecule is COC(=O)N1c2ccc3c(nc(CC(C(=O)O)c4ccc(C)cc4)n3C3COCC(F)(F)C3)c2CC[C@@H]1C. The van der Waals surface area contributed by atoms with E-state index in [0.717, 1.165) is 11.1 Å². The van der Waals surface area contributed by atoms with Crippen LogP contribution in [-0.2, 0) is 27.1 Å². The third-order valence-corrected chi connectivity index (χ3v) is 7.59. The number of aromatic nitrogens is 2. The van der Waals surface area contributed by atoms with Gasteiger partial charge in [0.25, 0.3) is 5.92 Å². The standard InChI is InChI=1S/C28H31F2N3O5/c1-16-4-7-18(8-5-16)21(26(34)35)12-24-31-25-20-9-6-17(2)32(27(36)37-3)22(20)10-11-23(25)33(24)19-13-28(29,30)15-38-14-19/h4-5,7-8,10-11,17,19,21H,6,9,12-15H2,1-3H3,(H,34,35)/t17-,19?,21?/m0/s1. The number of halogens is 2. The van der Waals surface area contributed by atoms with E-state index in [1.807, 2.05) is 26.0 Å². The lowest BCUT2D eigenvalue weighted by Gasteiger charge is -2.34. The maximum atomic E-state index is 14.5. The van der Waals surface area contributed by atoms with Gasteiger partial charge in [-0.05, 0) is 44.4 Å². The zero-order chi connectivity index (χ0) is 27.2. The van der Waals surface area contributed by atoms with Crippen LogP contribution >= 0.6 is 0 Å². The highest BCUT2D eigenvalue weighted by Crippen LogP contribution is 2.40. The zero-order valence-electron chi connectivity index (χ0n) is 21.6. The fraction of sp³-hybridized carbons (Fsp3) is 0.464. The summed E-state index contributed by atoms with van der Waals surface area (Å²) in [6.07, 6.45) is 0.407. The second kappa shape index (κ2) is 9.98. The predicted molar refractivity (Wildman–Crippen MR) is 137 cm³/mol. The Kier molecular flexibility index (Phi) is 6.85. The minimum Gasteiger partial charge on any atom is -0.481 e. The first kappa shape index (κ1) is 26.1. The summed E-state index contributed by atoms with van der Waals surface area (Å²) in [7, 11) is 1.33. The molecule has 5 rings (SSSR count). The second-order valence-electron chi connectivity index (χ2n) is 10.3. The van der Waals surface area contributed by atoms with Crippen molar-refractivity contribution in [2.24, 2.45) is 0 Å². The van der Waals surface area contributed by atoms with Crippen molar-refractivity contribution in [1.82, 2.24) is 9.55 Å². The fourth-order valence-electron chi connectivity index (χ4n) is 5.68. The number of carbonyl (C=O) groups excluding carboxylic acids is 1. The number of aryl methyl sites for hydroxylation is 2. The van der Waals surface area contributed by atoms with Crippen LogP contribution in [0.2, 0.25) is 0 Å². The Morgan fingerprint density at radius 2 is 1.97 bits per heavy atom. The number of carboxylic acids is 1. The quantitative estimate of drug-likeness (QED) is 0.487. The van der Waals surface area contributed by atoms with Gasteiger partial charge in [0.05, 0.1) is 42.4 Å². The summed E-state index contributed by atoms with van der Waals surface area (Å²) in [6, 6.07) is 10.0. The van der Waals surface area contributed by atoms with E-state index < -0.39 is 43.0 Å². The average Bonchev–Trinajstić information content (AvgIpc) is 3.25. The van der Waals surface area contributed by atoms with Gasteiger partial charge < -0.3 is 19.1 Å². The molecule has 0 saturated carbocycles. The lowest BCUT2D eigenvalue weighted by Crippen LogP contribution is -2.42. The number of anilines is 1. The first-order chi connectivity index (χ1) is 18.1. The molecule has 8 nitrogen and oxygen atoms in total. The zero-order valence-corrected chi connectivity index (χ0v) is 21.6. The lowest BCUT2D eigenvalue weighted by atomic mass is 9.94. The Bertz CT molecular complexity index is 1370. The molecule has 10 heteroatoms. The molecule has 0 spiro atoms. The summed E-state index contributed by atoms with van der Waals surface area (Å²) in [5.74, 6) is -4.55. The maximum absolute atomic E-state index is 14.5. The Morgan fingerprint density at radius 1 is 1.24 bits per heavy atom. The van der Waals surface area contributed by atoms with Crippen LogP contribution in [0.5, 0.6) is 0 Å². The number of hydrogen-bond donors (Lipinski definition) is 1. The van der Waals surface area contributed by atoms with Crippen LogP contribution < -0.4 is 4.90 Å². The van der Waals surface area contributed by atoms with Crippen LogP contribution in [0.4, 0.5) is 19.3 Å². The molecule has 0 aliphatic carbocycles. The molecule has 1 aromatic heterocycles. The molecule has 202 valence electrons. The number of imidazole rings is 1. The maximum Gasteiger partial charge on any atom is 0.414 e. The molecule has 1 fully saturated rings. The summed E-state index contributed by atoms with van der Waals surface area (Å²) < 4.78 is 40.9. The van der Waals surface area contributed by atoms with Gasteiger partial charge >= 0.3 is 12.1 Å². The molecular weight excluding hydrogens is 496 g/mol. The van der Waals surface area contributed by atoms with Gasteiger partial charge in [-0.2, -0.15) is 0 Å². The minimum atomic E-state index is -3.01. The normalized spacial score (nSPS) is 21.7. The number of carbonyl (C=O) groups is 2. The van der Waals surface area contributed by atoms with Crippen LogP contribution in [0.15, 0.2) is 36.4 Å². The Hall–Kier alpha value is -3.53. The largest absolute Gasteiger partial charge is 0.481 e. The van der Waals surface area contributed by atoms with Crippen molar-refractivity contribution in [2.75, 3.05) is 25.2 Å². The van der Waals surface area contributed by atoms with E-state index in [4.69, 9.17) is 14.5 Å². The van der Waals surface area contributed by atoms with E-state index in [-0.39, 0.29) is 19.1 Å². The number of rotatable bonds is 5. The van der Waals surface area contributed by atoms with Gasteiger partial charge in [0.1, 0.15) is 12.4 Å². The highest BCUT2D eigenvalue weighted by molar-refractivity contribution is 5.95. The van der Waals surface area contributed by atoms with E-state index in [9.17, 15) is 23.5 Å². The predicted octanol–water partition coefficient (Wildman–Crippen LogP) is 5.26. The van der Waals surface area contributed by atoms with Crippen LogP contribution in [0.1, 0.15) is 54.2 Å². The smallest absolute Gasteiger partial charge is 0.414 e. The number of ether oxygens (including phenoxy) is 2. The Morgan fingerprint density at radius 3 is 2.63 bits per heavy atom. The number of methoxy groups -OCH3 is 1. The lowest BCUT2D eigenvalue weighted by molar-refractivity contribution is -0.139. The number of alkyl halides is 2. The molecule has 2 aromatic carbocycles. The van der Waals surface area contributed by atoms with E-state index in [1.54, 1.807) is 33.7 Å². The monoisotopic (exact) mass is 527 g/mol. The van der Waals surface area contributed by atoms with Crippen molar-refractivity contribution in [3.63, 3.8) is 0 Å². The summed E-state index contributed by atoms with van der Waals surface area (Å²) in [5.41, 5.74) is 4.30. The van der Waals surface area contributed by atoms with E-state index in [1.165, 1.54) is 7.11 Å². The topological polar surface area (TPSA) is 93.9 Å². The van der Waals surface area contributed by atoms with Crippen molar-refractivity contribution in [1.29, 1.82) is 0 Å². The number of benzene rings is 2. The summed E-state index contributed by atoms with van der Waals surface area (Å²) in [4.78, 5) is 31.4. The molecule has 38 heavy (non-hydrogen) atoms. The van der Waals surface area contributed by atoms with Gasteiger partial charge in [0.15, 0.2) is 0 Å². The number of carboxylic acid groups (broad SMARTS) is 1. The number of nitrogens with zero attached hydrogens (tertiary/aromatic N) is 3. The van der Waals surface area contributed by atoms with E-state index >= 15 is 0 Å². The van der Waals surface area contributed by atoms with Gasteiger partial charge in [-0.1, -0.05) is 29.8 Å². The first-order valence-electron chi connectivity index (χ1n) is 12.7. The van der Waals surface area contributed by atoms with Gasteiger partial charge in [-0.15, -0.1) is 0 Å². The van der Waals surface area contributed by atoms with Gasteiger partial charge in [-0.3, -0.25) is 9.69 Å². The molecular formula is C28H31F2N3O5. The number of fused-ring (bicyclic) bond motifs is 3. The molecule has 2 aliphatic heterocycles. The molecule has 1 saturated heterocycles. The summed E-state index contributed by atoms with van der Waals surface area (Å²) >= 11 is 0. The van der Waals surface area contributed by atoms with Crippen molar-refractivity contribution in [3.8, 4) is 0 Å². The van der Waals surface area contributed by atoms with Crippen LogP contribution in [0.3, 0.4) is 0 Å². The van der Waals surface area contributed by atoms with Crippen LogP contribution in [0.25, 0.3) is 11.0 Å². The molecule has 0 radical (unpaired) electrons. The van der Waals surface area contributed by atoms with Crippen molar-refractivity contribution >= 4 is 28.8 Å². The molecule has 1 amide bonds. The molecule has 1 N–H and O–H groups in total. The molecule has 3 atom stereocenters. The molecule has 0 bridgehead atoms. The summed E-state index contributed by atoms with van der Waals surface area (Å²) in [6.45, 7) is 3.28. The van der Waals surface area contributed by atoms with Gasteiger partial charge in [0.2, 0.25) is 0 Å². The van der Waals surface area contributed by atoms with Crippen LogP contribution in [-0.4, -0.2) is 59.0 Å². The fourth-order valence-corrected chi connectivity index (χ4v) is 5.68. The molecule has 2 aliphatic rings. The summed E-state index contributed by atoms with van der Waals surface area (Å²) in [5, 5.41) is 10.1. The molecule has 3 heterocycles. The first-order valence-corrected chi connectivity index (χ1v) is 12.7. The van der Waals surface area contributed by atoms with Crippen molar-refractivity contribution in [2.45, 2.75) is 63.5 Å². The van der Waals surface area contributed by atoms with E-state index in [2.05, 4.69) is 0 Å². The Balaban J connectivity index is 1.66. The number of hydrogen-bond acceptors (Lipinski definition) is 5. The molecule has 2 unspecified atom stereocenters. The highest BCUT2D eigenvalue weighted by Gasteiger charge is 2.40. The van der Waals surface area contributed by atoms with Crippen molar-refractivity contribution < 1.29 is 33.0 Å².